The lowest BCUT2D eigenvalue weighted by atomic mass is 9.89. The highest BCUT2D eigenvalue weighted by Gasteiger charge is 2.56. The molecule has 0 radical (unpaired) electrons. The number of rotatable bonds is 21. The van der Waals surface area contributed by atoms with Gasteiger partial charge < -0.3 is 40.3 Å². The topological polar surface area (TPSA) is 167 Å². The van der Waals surface area contributed by atoms with E-state index in [-0.39, 0.29) is 59.3 Å². The summed E-state index contributed by atoms with van der Waals surface area (Å²) >= 11 is 0. The first-order chi connectivity index (χ1) is 25.9. The van der Waals surface area contributed by atoms with Gasteiger partial charge in [0.15, 0.2) is 0 Å². The molecule has 4 amide bonds. The predicted octanol–water partition coefficient (Wildman–Crippen LogP) is 3.63. The minimum absolute atomic E-state index is 0.00824. The number of hydrogen-bond donors (Lipinski definition) is 4. The molecule has 0 aromatic heterocycles. The van der Waals surface area contributed by atoms with Gasteiger partial charge in [0.1, 0.15) is 17.9 Å². The molecule has 1 aromatic carbocycles. The van der Waals surface area contributed by atoms with E-state index in [0.29, 0.717) is 19.4 Å². The number of halogens is 1. The molecule has 310 valence electrons. The highest BCUT2D eigenvalue weighted by molar-refractivity contribution is 5.90. The molecule has 3 rings (SSSR count). The van der Waals surface area contributed by atoms with Crippen molar-refractivity contribution in [1.82, 2.24) is 25.8 Å². The Morgan fingerprint density at radius 3 is 2.07 bits per heavy atom. The maximum Gasteiger partial charge on any atom is 0.326 e. The number of likely N-dealkylation sites (N-methyl/N-ethyl adjacent to an activating group) is 2. The van der Waals surface area contributed by atoms with Gasteiger partial charge in [-0.1, -0.05) is 73.1 Å². The van der Waals surface area contributed by atoms with Crippen molar-refractivity contribution in [2.75, 3.05) is 34.9 Å². The van der Waals surface area contributed by atoms with Gasteiger partial charge in [-0.25, -0.2) is 9.18 Å². The molecule has 0 bridgehead atoms. The summed E-state index contributed by atoms with van der Waals surface area (Å²) in [4.78, 5) is 71.0. The number of nitrogens with one attached hydrogen (secondary N) is 3. The van der Waals surface area contributed by atoms with Crippen LogP contribution in [0.1, 0.15) is 86.1 Å². The summed E-state index contributed by atoms with van der Waals surface area (Å²) in [7, 11) is 6.42. The summed E-state index contributed by atoms with van der Waals surface area (Å²) in [5.74, 6) is -4.28. The second kappa shape index (κ2) is 20.0. The lowest BCUT2D eigenvalue weighted by molar-refractivity contribution is -0.148. The molecule has 1 aromatic rings. The van der Waals surface area contributed by atoms with Gasteiger partial charge in [0.2, 0.25) is 23.6 Å². The van der Waals surface area contributed by atoms with Crippen molar-refractivity contribution < 1.29 is 42.9 Å². The van der Waals surface area contributed by atoms with E-state index in [9.17, 15) is 33.5 Å². The minimum atomic E-state index is -1.37. The van der Waals surface area contributed by atoms with E-state index >= 15 is 0 Å². The summed E-state index contributed by atoms with van der Waals surface area (Å²) in [6.07, 6.45) is 1.47. The van der Waals surface area contributed by atoms with Gasteiger partial charge in [-0.15, -0.1) is 0 Å². The first-order valence-electron chi connectivity index (χ1n) is 19.7. The zero-order chi connectivity index (χ0) is 41.4. The number of nitrogens with zero attached hydrogens (tertiary/aromatic N) is 2. The van der Waals surface area contributed by atoms with Crippen LogP contribution in [0.5, 0.6) is 0 Å². The van der Waals surface area contributed by atoms with Gasteiger partial charge in [0.05, 0.1) is 42.7 Å². The SMILES string of the molecule is CC[C@H](C)C([C@@H](CC(=O)N1CC2(CC2)C[C@H]1C(OC)[C@@H](C)C(=O)N[C@@H](Cc1ccccc1F)C(=O)O)OC)N(C)C(=O)[C@@H](NC(=O)[C@@H](NC)C(C)C)C(C)C. The molecule has 14 heteroatoms. The molecule has 4 N–H and O–H groups in total. The Kier molecular flexibility index (Phi) is 16.6. The van der Waals surface area contributed by atoms with E-state index < -0.39 is 66.0 Å². The van der Waals surface area contributed by atoms with Crippen molar-refractivity contribution in [2.45, 2.75) is 129 Å². The van der Waals surface area contributed by atoms with E-state index in [4.69, 9.17) is 9.47 Å². The van der Waals surface area contributed by atoms with Crippen LogP contribution < -0.4 is 16.0 Å². The summed E-state index contributed by atoms with van der Waals surface area (Å²) < 4.78 is 26.3. The van der Waals surface area contributed by atoms with Gasteiger partial charge in [0, 0.05) is 34.2 Å². The number of methoxy groups -OCH3 is 2. The second-order valence-corrected chi connectivity index (χ2v) is 16.5. The maximum absolute atomic E-state index is 14.4. The molecule has 2 unspecified atom stereocenters. The van der Waals surface area contributed by atoms with Crippen LogP contribution in [0.15, 0.2) is 24.3 Å². The van der Waals surface area contributed by atoms with Crippen LogP contribution in [-0.2, 0) is 39.9 Å². The molecular weight excluding hydrogens is 709 g/mol. The van der Waals surface area contributed by atoms with Crippen LogP contribution in [0.3, 0.4) is 0 Å². The molecule has 1 heterocycles. The number of amides is 4. The lowest BCUT2D eigenvalue weighted by Crippen LogP contribution is -2.59. The van der Waals surface area contributed by atoms with Crippen molar-refractivity contribution in [3.63, 3.8) is 0 Å². The number of carboxylic acid groups (broad SMARTS) is 1. The number of benzene rings is 1. The second-order valence-electron chi connectivity index (χ2n) is 16.5. The molecule has 1 saturated carbocycles. The first kappa shape index (κ1) is 45.8. The first-order valence-corrected chi connectivity index (χ1v) is 19.7. The van der Waals surface area contributed by atoms with Gasteiger partial charge in [-0.2, -0.15) is 0 Å². The van der Waals surface area contributed by atoms with Crippen molar-refractivity contribution in [3.8, 4) is 0 Å². The Hall–Kier alpha value is -3.62. The molecule has 2 aliphatic rings. The van der Waals surface area contributed by atoms with Crippen LogP contribution in [0, 0.1) is 34.9 Å². The fourth-order valence-corrected chi connectivity index (χ4v) is 8.20. The standard InChI is InChI=1S/C41H66FN5O8/c1-12-25(6)35(46(9)39(51)34(24(4)5)45-38(50)33(43-8)23(2)3)31(54-10)20-32(48)47-22-41(17-18-41)21-30(47)36(55-11)26(7)37(49)44-29(40(52)53)19-27-15-13-14-16-28(27)42/h13-16,23-26,29-31,33-36,43H,12,17-22H2,1-11H3,(H,44,49)(H,45,50)(H,52,53)/t25-,26+,29-,30-,31+,33-,34-,35?,36?/m0/s1. The Labute approximate surface area is 326 Å². The van der Waals surface area contributed by atoms with E-state index in [2.05, 4.69) is 16.0 Å². The number of ether oxygens (including phenoxy) is 2. The highest BCUT2D eigenvalue weighted by atomic mass is 19.1. The Morgan fingerprint density at radius 2 is 1.58 bits per heavy atom. The lowest BCUT2D eigenvalue weighted by Gasteiger charge is -2.41. The molecule has 55 heavy (non-hydrogen) atoms. The van der Waals surface area contributed by atoms with Crippen molar-refractivity contribution in [3.05, 3.63) is 35.6 Å². The molecule has 1 spiro atoms. The van der Waals surface area contributed by atoms with Gasteiger partial charge >= 0.3 is 5.97 Å². The van der Waals surface area contributed by atoms with Gasteiger partial charge in [0.25, 0.3) is 0 Å². The molecular formula is C41H66FN5O8. The molecule has 9 atom stereocenters. The maximum atomic E-state index is 14.4. The smallest absolute Gasteiger partial charge is 0.326 e. The van der Waals surface area contributed by atoms with Crippen molar-refractivity contribution >= 4 is 29.6 Å². The van der Waals surface area contributed by atoms with Crippen LogP contribution in [-0.4, -0.2) is 122 Å². The van der Waals surface area contributed by atoms with Crippen LogP contribution >= 0.6 is 0 Å². The molecule has 1 aliphatic carbocycles. The van der Waals surface area contributed by atoms with E-state index in [1.165, 1.54) is 32.4 Å². The van der Waals surface area contributed by atoms with Gasteiger partial charge in [-0.3, -0.25) is 19.2 Å². The quantitative estimate of drug-likeness (QED) is 0.146. The number of hydrogen-bond acceptors (Lipinski definition) is 8. The van der Waals surface area contributed by atoms with E-state index in [1.54, 1.807) is 36.9 Å². The summed E-state index contributed by atoms with van der Waals surface area (Å²) in [6.45, 7) is 13.8. The molecule has 2 fully saturated rings. The van der Waals surface area contributed by atoms with E-state index in [0.717, 1.165) is 12.8 Å². The monoisotopic (exact) mass is 775 g/mol. The number of carbonyl (C=O) groups excluding carboxylic acids is 4. The number of carboxylic acids is 1. The third kappa shape index (κ3) is 11.3. The third-order valence-corrected chi connectivity index (χ3v) is 12.0. The summed E-state index contributed by atoms with van der Waals surface area (Å²) in [5, 5.41) is 18.5. The molecule has 1 saturated heterocycles. The predicted molar refractivity (Wildman–Crippen MR) is 207 cm³/mol. The van der Waals surface area contributed by atoms with Gasteiger partial charge in [-0.05, 0) is 61.1 Å². The summed E-state index contributed by atoms with van der Waals surface area (Å²) in [5.41, 5.74) is 0.0833. The Bertz CT molecular complexity index is 1490. The zero-order valence-corrected chi connectivity index (χ0v) is 34.7. The van der Waals surface area contributed by atoms with Crippen LogP contribution in [0.2, 0.25) is 0 Å². The van der Waals surface area contributed by atoms with Crippen molar-refractivity contribution in [2.24, 2.45) is 29.1 Å². The third-order valence-electron chi connectivity index (χ3n) is 12.0. The number of aliphatic carboxylic acids is 1. The number of carbonyl (C=O) groups is 5. The molecule has 13 nitrogen and oxygen atoms in total. The van der Waals surface area contributed by atoms with E-state index in [1.807, 2.05) is 41.5 Å². The Balaban J connectivity index is 1.83. The normalized spacial score (nSPS) is 20.6. The molecule has 1 aliphatic heterocycles. The fourth-order valence-electron chi connectivity index (χ4n) is 8.20. The zero-order valence-electron chi connectivity index (χ0n) is 34.7. The minimum Gasteiger partial charge on any atom is -0.480 e. The highest BCUT2D eigenvalue weighted by Crippen LogP contribution is 2.56. The average molecular weight is 776 g/mol. The summed E-state index contributed by atoms with van der Waals surface area (Å²) in [6, 6.07) is 2.21. The number of likely N-dealkylation sites (tertiary alicyclic amines) is 1. The fraction of sp³-hybridized carbons (Fsp3) is 0.732. The average Bonchev–Trinajstić information content (AvgIpc) is 3.79. The van der Waals surface area contributed by atoms with Crippen LogP contribution in [0.25, 0.3) is 0 Å². The Morgan fingerprint density at radius 1 is 0.964 bits per heavy atom. The largest absolute Gasteiger partial charge is 0.480 e. The van der Waals surface area contributed by atoms with Crippen molar-refractivity contribution in [1.29, 1.82) is 0 Å². The van der Waals surface area contributed by atoms with Crippen LogP contribution in [0.4, 0.5) is 4.39 Å².